The standard InChI is InChI=1S/C22H18N4O2S/c1-13-6-8-14(9-7-13)18-12-23-20(28-18)17-5-3-2-4-16(17)19(27)24-22-26-25-21(29-22)15-10-11-15/h2-9,12,15H,10-11H2,1H3,(H,24,26,27). The molecule has 0 bridgehead atoms. The van der Waals surface area contributed by atoms with Crippen LogP contribution in [-0.4, -0.2) is 21.1 Å². The molecular formula is C22H18N4O2S. The van der Waals surface area contributed by atoms with E-state index in [0.29, 0.717) is 33.8 Å². The third kappa shape index (κ3) is 3.69. The maximum Gasteiger partial charge on any atom is 0.258 e. The van der Waals surface area contributed by atoms with Crippen LogP contribution in [0.25, 0.3) is 22.8 Å². The van der Waals surface area contributed by atoms with Gasteiger partial charge < -0.3 is 4.42 Å². The summed E-state index contributed by atoms with van der Waals surface area (Å²) in [6, 6.07) is 15.3. The van der Waals surface area contributed by atoms with Crippen LogP contribution < -0.4 is 5.32 Å². The minimum absolute atomic E-state index is 0.255. The Bertz CT molecular complexity index is 1180. The van der Waals surface area contributed by atoms with Crippen molar-refractivity contribution in [2.45, 2.75) is 25.7 Å². The summed E-state index contributed by atoms with van der Waals surface area (Å²) in [7, 11) is 0. The Morgan fingerprint density at radius 2 is 1.90 bits per heavy atom. The predicted molar refractivity (Wildman–Crippen MR) is 112 cm³/mol. The first-order valence-electron chi connectivity index (χ1n) is 9.44. The van der Waals surface area contributed by atoms with E-state index in [4.69, 9.17) is 4.42 Å². The molecule has 0 atom stereocenters. The van der Waals surface area contributed by atoms with Crippen molar-refractivity contribution in [2.75, 3.05) is 5.32 Å². The number of anilines is 1. The van der Waals surface area contributed by atoms with Crippen LogP contribution in [0, 0.1) is 6.92 Å². The molecule has 2 aromatic heterocycles. The van der Waals surface area contributed by atoms with Crippen LogP contribution in [0.5, 0.6) is 0 Å². The molecule has 6 nitrogen and oxygen atoms in total. The molecule has 7 heteroatoms. The van der Waals surface area contributed by atoms with Crippen LogP contribution in [0.3, 0.4) is 0 Å². The minimum atomic E-state index is -0.255. The van der Waals surface area contributed by atoms with E-state index in [1.807, 2.05) is 49.4 Å². The lowest BCUT2D eigenvalue weighted by atomic mass is 10.1. The molecule has 1 N–H and O–H groups in total. The second-order valence-corrected chi connectivity index (χ2v) is 8.12. The Balaban J connectivity index is 1.41. The van der Waals surface area contributed by atoms with Gasteiger partial charge in [0.25, 0.3) is 5.91 Å². The van der Waals surface area contributed by atoms with Crippen molar-refractivity contribution in [1.29, 1.82) is 0 Å². The minimum Gasteiger partial charge on any atom is -0.436 e. The van der Waals surface area contributed by atoms with E-state index < -0.39 is 0 Å². The van der Waals surface area contributed by atoms with E-state index in [-0.39, 0.29) is 5.91 Å². The monoisotopic (exact) mass is 402 g/mol. The molecule has 29 heavy (non-hydrogen) atoms. The van der Waals surface area contributed by atoms with Crippen LogP contribution in [0.1, 0.15) is 39.7 Å². The summed E-state index contributed by atoms with van der Waals surface area (Å²) < 4.78 is 5.96. The van der Waals surface area contributed by atoms with Gasteiger partial charge in [-0.25, -0.2) is 4.98 Å². The van der Waals surface area contributed by atoms with E-state index in [9.17, 15) is 4.79 Å². The number of carbonyl (C=O) groups excluding carboxylic acids is 1. The summed E-state index contributed by atoms with van der Waals surface area (Å²) in [5.41, 5.74) is 3.23. The summed E-state index contributed by atoms with van der Waals surface area (Å²) in [5, 5.41) is 12.6. The largest absolute Gasteiger partial charge is 0.436 e. The molecule has 1 saturated carbocycles. The normalized spacial score (nSPS) is 13.4. The number of nitrogens with one attached hydrogen (secondary N) is 1. The maximum atomic E-state index is 12.9. The van der Waals surface area contributed by atoms with Gasteiger partial charge >= 0.3 is 0 Å². The van der Waals surface area contributed by atoms with Gasteiger partial charge in [-0.2, -0.15) is 0 Å². The lowest BCUT2D eigenvalue weighted by molar-refractivity contribution is 0.102. The smallest absolute Gasteiger partial charge is 0.258 e. The van der Waals surface area contributed by atoms with Crippen LogP contribution in [0.15, 0.2) is 59.1 Å². The number of carbonyl (C=O) groups is 1. The van der Waals surface area contributed by atoms with Crippen LogP contribution in [0.4, 0.5) is 5.13 Å². The average Bonchev–Trinajstić information content (AvgIpc) is 3.29. The van der Waals surface area contributed by atoms with Gasteiger partial charge in [0.15, 0.2) is 5.76 Å². The third-order valence-corrected chi connectivity index (χ3v) is 5.83. The molecular weight excluding hydrogens is 384 g/mol. The Kier molecular flexibility index (Phi) is 4.44. The summed E-state index contributed by atoms with van der Waals surface area (Å²) in [6.45, 7) is 2.04. The molecule has 5 rings (SSSR count). The SMILES string of the molecule is Cc1ccc(-c2cnc(-c3ccccc3C(=O)Nc3nnc(C4CC4)s3)o2)cc1. The van der Waals surface area contributed by atoms with Gasteiger partial charge in [-0.05, 0) is 31.9 Å². The average molecular weight is 402 g/mol. The summed E-state index contributed by atoms with van der Waals surface area (Å²) in [6.07, 6.45) is 3.99. The van der Waals surface area contributed by atoms with Gasteiger partial charge in [0.2, 0.25) is 11.0 Å². The Labute approximate surface area is 171 Å². The Morgan fingerprint density at radius 1 is 1.10 bits per heavy atom. The first-order valence-corrected chi connectivity index (χ1v) is 10.3. The molecule has 2 aromatic carbocycles. The van der Waals surface area contributed by atoms with E-state index in [0.717, 1.165) is 23.4 Å². The third-order valence-electron chi connectivity index (χ3n) is 4.83. The van der Waals surface area contributed by atoms with Gasteiger partial charge in [0.1, 0.15) is 5.01 Å². The molecule has 0 aliphatic heterocycles. The molecule has 1 fully saturated rings. The quantitative estimate of drug-likeness (QED) is 0.490. The van der Waals surface area contributed by atoms with Crippen LogP contribution in [0.2, 0.25) is 0 Å². The van der Waals surface area contributed by atoms with Crippen LogP contribution in [-0.2, 0) is 0 Å². The van der Waals surface area contributed by atoms with E-state index >= 15 is 0 Å². The van der Waals surface area contributed by atoms with Gasteiger partial charge in [-0.1, -0.05) is 53.3 Å². The van der Waals surface area contributed by atoms with Gasteiger partial charge in [0.05, 0.1) is 11.8 Å². The fourth-order valence-electron chi connectivity index (χ4n) is 3.06. The van der Waals surface area contributed by atoms with Crippen molar-refractivity contribution >= 4 is 22.4 Å². The second kappa shape index (κ2) is 7.25. The zero-order valence-corrected chi connectivity index (χ0v) is 16.6. The van der Waals surface area contributed by atoms with E-state index in [1.165, 1.54) is 16.9 Å². The molecule has 0 unspecified atom stereocenters. The first-order chi connectivity index (χ1) is 14.2. The molecule has 0 radical (unpaired) electrons. The lowest BCUT2D eigenvalue weighted by Crippen LogP contribution is -2.13. The highest BCUT2D eigenvalue weighted by molar-refractivity contribution is 7.15. The fourth-order valence-corrected chi connectivity index (χ4v) is 3.97. The second-order valence-electron chi connectivity index (χ2n) is 7.12. The lowest BCUT2D eigenvalue weighted by Gasteiger charge is -2.06. The van der Waals surface area contributed by atoms with Crippen molar-refractivity contribution < 1.29 is 9.21 Å². The zero-order chi connectivity index (χ0) is 19.8. The number of aryl methyl sites for hydroxylation is 1. The maximum absolute atomic E-state index is 12.9. The molecule has 0 saturated heterocycles. The van der Waals surface area contributed by atoms with Gasteiger partial charge in [-0.3, -0.25) is 10.1 Å². The number of benzene rings is 2. The highest BCUT2D eigenvalue weighted by Gasteiger charge is 2.28. The van der Waals surface area contributed by atoms with Gasteiger partial charge in [-0.15, -0.1) is 10.2 Å². The van der Waals surface area contributed by atoms with Crippen molar-refractivity contribution in [3.8, 4) is 22.8 Å². The number of nitrogens with zero attached hydrogens (tertiary/aromatic N) is 3. The van der Waals surface area contributed by atoms with Crippen molar-refractivity contribution in [2.24, 2.45) is 0 Å². The van der Waals surface area contributed by atoms with E-state index in [1.54, 1.807) is 12.3 Å². The first kappa shape index (κ1) is 17.8. The number of hydrogen-bond acceptors (Lipinski definition) is 6. The predicted octanol–water partition coefficient (Wildman–Crippen LogP) is 5.30. The molecule has 1 amide bonds. The molecule has 2 heterocycles. The van der Waals surface area contributed by atoms with Crippen LogP contribution >= 0.6 is 11.3 Å². The summed E-state index contributed by atoms with van der Waals surface area (Å²) >= 11 is 1.44. The number of oxazole rings is 1. The molecule has 0 spiro atoms. The Hall–Kier alpha value is -3.32. The van der Waals surface area contributed by atoms with Crippen molar-refractivity contribution in [1.82, 2.24) is 15.2 Å². The topological polar surface area (TPSA) is 80.9 Å². The zero-order valence-electron chi connectivity index (χ0n) is 15.8. The van der Waals surface area contributed by atoms with Crippen molar-refractivity contribution in [3.63, 3.8) is 0 Å². The molecule has 4 aromatic rings. The van der Waals surface area contributed by atoms with Gasteiger partial charge in [0, 0.05) is 17.0 Å². The highest BCUT2D eigenvalue weighted by atomic mass is 32.1. The number of aromatic nitrogens is 3. The molecule has 144 valence electrons. The van der Waals surface area contributed by atoms with Crippen molar-refractivity contribution in [3.05, 3.63) is 70.9 Å². The molecule has 1 aliphatic rings. The highest BCUT2D eigenvalue weighted by Crippen LogP contribution is 2.42. The number of amides is 1. The molecule has 1 aliphatic carbocycles. The van der Waals surface area contributed by atoms with E-state index in [2.05, 4.69) is 20.5 Å². The number of hydrogen-bond donors (Lipinski definition) is 1. The summed E-state index contributed by atoms with van der Waals surface area (Å²) in [5.74, 6) is 1.32. The summed E-state index contributed by atoms with van der Waals surface area (Å²) in [4.78, 5) is 17.3. The fraction of sp³-hybridized carbons (Fsp3) is 0.182. The number of rotatable bonds is 5. The Morgan fingerprint density at radius 3 is 2.69 bits per heavy atom.